The minimum atomic E-state index is 0.741. The standard InChI is InChI=1S/C7H15N/c1-5-4-8-7(3)6(5)2/h5-8H,4H2,1-3H3/t5-,6+,7-/m0/s1. The minimum absolute atomic E-state index is 0.741. The molecule has 3 atom stereocenters. The molecule has 8 heavy (non-hydrogen) atoms. The molecule has 1 nitrogen and oxygen atoms in total. The summed E-state index contributed by atoms with van der Waals surface area (Å²) in [5.41, 5.74) is 0. The molecule has 0 amide bonds. The molecule has 0 unspecified atom stereocenters. The van der Waals surface area contributed by atoms with Crippen LogP contribution in [0.25, 0.3) is 0 Å². The first-order valence-electron chi connectivity index (χ1n) is 3.45. The topological polar surface area (TPSA) is 12.0 Å². The van der Waals surface area contributed by atoms with Crippen LogP contribution in [0.3, 0.4) is 0 Å². The van der Waals surface area contributed by atoms with E-state index in [9.17, 15) is 0 Å². The van der Waals surface area contributed by atoms with Gasteiger partial charge in [-0.05, 0) is 25.3 Å². The number of rotatable bonds is 0. The highest BCUT2D eigenvalue weighted by Gasteiger charge is 2.24. The van der Waals surface area contributed by atoms with E-state index in [1.54, 1.807) is 0 Å². The second-order valence-corrected chi connectivity index (χ2v) is 3.03. The molecule has 0 aliphatic carbocycles. The first-order valence-corrected chi connectivity index (χ1v) is 3.45. The predicted octanol–water partition coefficient (Wildman–Crippen LogP) is 1.25. The molecule has 1 heteroatoms. The van der Waals surface area contributed by atoms with Crippen LogP contribution in [0, 0.1) is 11.8 Å². The molecular formula is C7H15N. The summed E-state index contributed by atoms with van der Waals surface area (Å²) in [6, 6.07) is 0.741. The van der Waals surface area contributed by atoms with E-state index in [2.05, 4.69) is 26.1 Å². The van der Waals surface area contributed by atoms with E-state index in [0.29, 0.717) is 0 Å². The van der Waals surface area contributed by atoms with E-state index in [4.69, 9.17) is 0 Å². The van der Waals surface area contributed by atoms with Gasteiger partial charge in [-0.25, -0.2) is 0 Å². The van der Waals surface area contributed by atoms with Gasteiger partial charge in [-0.15, -0.1) is 0 Å². The zero-order valence-electron chi connectivity index (χ0n) is 5.94. The van der Waals surface area contributed by atoms with Crippen molar-refractivity contribution in [3.05, 3.63) is 0 Å². The smallest absolute Gasteiger partial charge is 0.00674 e. The molecule has 0 spiro atoms. The Kier molecular flexibility index (Phi) is 1.57. The van der Waals surface area contributed by atoms with Gasteiger partial charge in [0.1, 0.15) is 0 Å². The van der Waals surface area contributed by atoms with Gasteiger partial charge >= 0.3 is 0 Å². The summed E-state index contributed by atoms with van der Waals surface area (Å²) >= 11 is 0. The lowest BCUT2D eigenvalue weighted by molar-refractivity contribution is 0.436. The van der Waals surface area contributed by atoms with Crippen molar-refractivity contribution < 1.29 is 0 Å². The SMILES string of the molecule is C[C@H]1[C@H](C)NC[C@@H]1C. The molecule has 0 saturated carbocycles. The second-order valence-electron chi connectivity index (χ2n) is 3.03. The molecule has 1 fully saturated rings. The lowest BCUT2D eigenvalue weighted by Crippen LogP contribution is -2.20. The largest absolute Gasteiger partial charge is 0.314 e. The van der Waals surface area contributed by atoms with Crippen molar-refractivity contribution in [3.63, 3.8) is 0 Å². The molecule has 48 valence electrons. The van der Waals surface area contributed by atoms with Crippen LogP contribution in [0.5, 0.6) is 0 Å². The molecule has 1 saturated heterocycles. The molecule has 1 aliphatic rings. The Morgan fingerprint density at radius 2 is 1.88 bits per heavy atom. The summed E-state index contributed by atoms with van der Waals surface area (Å²) in [6.07, 6.45) is 0. The normalized spacial score (nSPS) is 47.6. The molecule has 1 N–H and O–H groups in total. The molecule has 0 aromatic carbocycles. The zero-order chi connectivity index (χ0) is 6.15. The van der Waals surface area contributed by atoms with Crippen LogP contribution < -0.4 is 5.32 Å². The van der Waals surface area contributed by atoms with Gasteiger partial charge < -0.3 is 5.32 Å². The van der Waals surface area contributed by atoms with Gasteiger partial charge in [0, 0.05) is 6.04 Å². The maximum absolute atomic E-state index is 3.42. The van der Waals surface area contributed by atoms with Gasteiger partial charge in [0.05, 0.1) is 0 Å². The third kappa shape index (κ3) is 0.873. The Labute approximate surface area is 51.5 Å². The summed E-state index contributed by atoms with van der Waals surface area (Å²) in [7, 11) is 0. The first kappa shape index (κ1) is 6.09. The minimum Gasteiger partial charge on any atom is -0.314 e. The van der Waals surface area contributed by atoms with Crippen molar-refractivity contribution in [3.8, 4) is 0 Å². The van der Waals surface area contributed by atoms with Crippen molar-refractivity contribution >= 4 is 0 Å². The zero-order valence-corrected chi connectivity index (χ0v) is 5.94. The van der Waals surface area contributed by atoms with Crippen LogP contribution in [0.4, 0.5) is 0 Å². The van der Waals surface area contributed by atoms with Crippen molar-refractivity contribution in [1.82, 2.24) is 5.32 Å². The fourth-order valence-electron chi connectivity index (χ4n) is 1.24. The Balaban J connectivity index is 2.44. The highest BCUT2D eigenvalue weighted by Crippen LogP contribution is 2.19. The second kappa shape index (κ2) is 2.06. The van der Waals surface area contributed by atoms with Crippen LogP contribution in [-0.2, 0) is 0 Å². The lowest BCUT2D eigenvalue weighted by Gasteiger charge is -2.10. The molecule has 0 bridgehead atoms. The van der Waals surface area contributed by atoms with Crippen molar-refractivity contribution in [2.45, 2.75) is 26.8 Å². The highest BCUT2D eigenvalue weighted by molar-refractivity contribution is 4.81. The Hall–Kier alpha value is -0.0400. The molecule has 1 aliphatic heterocycles. The van der Waals surface area contributed by atoms with Crippen LogP contribution >= 0.6 is 0 Å². The van der Waals surface area contributed by atoms with E-state index in [1.807, 2.05) is 0 Å². The van der Waals surface area contributed by atoms with Gasteiger partial charge in [-0.1, -0.05) is 13.8 Å². The Morgan fingerprint density at radius 3 is 2.00 bits per heavy atom. The molecule has 0 radical (unpaired) electrons. The third-order valence-electron chi connectivity index (χ3n) is 2.45. The molecule has 0 aromatic rings. The van der Waals surface area contributed by atoms with Crippen LogP contribution in [0.1, 0.15) is 20.8 Å². The summed E-state index contributed by atoms with van der Waals surface area (Å²) in [5.74, 6) is 1.75. The predicted molar refractivity (Wildman–Crippen MR) is 35.8 cm³/mol. The molecular weight excluding hydrogens is 98.1 g/mol. The summed E-state index contributed by atoms with van der Waals surface area (Å²) < 4.78 is 0. The molecule has 0 aromatic heterocycles. The van der Waals surface area contributed by atoms with Crippen molar-refractivity contribution in [1.29, 1.82) is 0 Å². The van der Waals surface area contributed by atoms with Gasteiger partial charge in [0.15, 0.2) is 0 Å². The monoisotopic (exact) mass is 113 g/mol. The lowest BCUT2D eigenvalue weighted by atomic mass is 9.95. The molecule has 1 rings (SSSR count). The van der Waals surface area contributed by atoms with E-state index < -0.39 is 0 Å². The number of hydrogen-bond donors (Lipinski definition) is 1. The van der Waals surface area contributed by atoms with Gasteiger partial charge in [0.2, 0.25) is 0 Å². The average Bonchev–Trinajstić information content (AvgIpc) is 1.98. The molecule has 1 heterocycles. The van der Waals surface area contributed by atoms with Crippen molar-refractivity contribution in [2.24, 2.45) is 11.8 Å². The van der Waals surface area contributed by atoms with E-state index in [-0.39, 0.29) is 0 Å². The fraction of sp³-hybridized carbons (Fsp3) is 1.00. The van der Waals surface area contributed by atoms with Gasteiger partial charge in [-0.3, -0.25) is 0 Å². The van der Waals surface area contributed by atoms with Crippen LogP contribution in [0.2, 0.25) is 0 Å². The third-order valence-corrected chi connectivity index (χ3v) is 2.45. The number of hydrogen-bond acceptors (Lipinski definition) is 1. The maximum atomic E-state index is 3.42. The fourth-order valence-corrected chi connectivity index (χ4v) is 1.24. The summed E-state index contributed by atoms with van der Waals surface area (Å²) in [6.45, 7) is 8.09. The van der Waals surface area contributed by atoms with E-state index >= 15 is 0 Å². The Morgan fingerprint density at radius 1 is 1.25 bits per heavy atom. The van der Waals surface area contributed by atoms with E-state index in [0.717, 1.165) is 17.9 Å². The number of nitrogens with one attached hydrogen (secondary N) is 1. The quantitative estimate of drug-likeness (QED) is 0.498. The summed E-state index contributed by atoms with van der Waals surface area (Å²) in [4.78, 5) is 0. The first-order chi connectivity index (χ1) is 3.72. The van der Waals surface area contributed by atoms with E-state index in [1.165, 1.54) is 6.54 Å². The average molecular weight is 113 g/mol. The Bertz CT molecular complexity index is 70.5. The van der Waals surface area contributed by atoms with Crippen LogP contribution in [-0.4, -0.2) is 12.6 Å². The maximum Gasteiger partial charge on any atom is 0.00674 e. The van der Waals surface area contributed by atoms with Gasteiger partial charge in [0.25, 0.3) is 0 Å². The van der Waals surface area contributed by atoms with Crippen molar-refractivity contribution in [2.75, 3.05) is 6.54 Å². The van der Waals surface area contributed by atoms with Gasteiger partial charge in [-0.2, -0.15) is 0 Å². The highest BCUT2D eigenvalue weighted by atomic mass is 14.9. The van der Waals surface area contributed by atoms with Crippen LogP contribution in [0.15, 0.2) is 0 Å². The summed E-state index contributed by atoms with van der Waals surface area (Å²) in [5, 5.41) is 3.42.